The molecule has 1 N–H and O–H groups in total. The van der Waals surface area contributed by atoms with E-state index in [4.69, 9.17) is 0 Å². The Morgan fingerprint density at radius 1 is 0.846 bits per heavy atom. The van der Waals surface area contributed by atoms with Crippen LogP contribution >= 0.6 is 0 Å². The van der Waals surface area contributed by atoms with Gasteiger partial charge >= 0.3 is 0 Å². The fourth-order valence-corrected chi connectivity index (χ4v) is 3.19. The van der Waals surface area contributed by atoms with Gasteiger partial charge in [-0.1, -0.05) is 66.2 Å². The predicted octanol–water partition coefficient (Wildman–Crippen LogP) is 5.07. The third kappa shape index (κ3) is 3.07. The summed E-state index contributed by atoms with van der Waals surface area (Å²) < 4.78 is 0. The molecule has 0 bridgehead atoms. The summed E-state index contributed by atoms with van der Waals surface area (Å²) in [5.74, 6) is -0.213. The minimum absolute atomic E-state index is 0.213. The van der Waals surface area contributed by atoms with Crippen molar-refractivity contribution in [2.24, 2.45) is 5.10 Å². The maximum absolute atomic E-state index is 12.3. The topological polar surface area (TPSA) is 41.5 Å². The van der Waals surface area contributed by atoms with Gasteiger partial charge in [-0.05, 0) is 46.7 Å². The van der Waals surface area contributed by atoms with Gasteiger partial charge in [0, 0.05) is 11.1 Å². The molecule has 0 aromatic heterocycles. The monoisotopic (exact) mass is 338 g/mol. The number of aryl methyl sites for hydroxylation is 1. The smallest absolute Gasteiger partial charge is 0.267 e. The number of carbonyl (C=O) groups is 1. The number of rotatable bonds is 3. The zero-order valence-corrected chi connectivity index (χ0v) is 14.4. The third-order valence-corrected chi connectivity index (χ3v) is 4.45. The van der Waals surface area contributed by atoms with Crippen molar-refractivity contribution < 1.29 is 4.79 Å². The van der Waals surface area contributed by atoms with Crippen LogP contribution in [0, 0.1) is 6.92 Å². The lowest BCUT2D eigenvalue weighted by atomic mass is 9.97. The molecular formula is C23H18N2O. The van der Waals surface area contributed by atoms with E-state index in [1.807, 2.05) is 49.4 Å². The van der Waals surface area contributed by atoms with Crippen LogP contribution in [-0.4, -0.2) is 12.1 Å². The molecule has 126 valence electrons. The minimum atomic E-state index is -0.213. The van der Waals surface area contributed by atoms with Crippen molar-refractivity contribution >= 4 is 33.7 Å². The van der Waals surface area contributed by atoms with E-state index < -0.39 is 0 Å². The number of amides is 1. The normalized spacial score (nSPS) is 11.3. The summed E-state index contributed by atoms with van der Waals surface area (Å²) in [6.45, 7) is 1.96. The number of fused-ring (bicyclic) bond motifs is 2. The quantitative estimate of drug-likeness (QED) is 0.316. The number of hydrogen-bond donors (Lipinski definition) is 1. The summed E-state index contributed by atoms with van der Waals surface area (Å²) in [5, 5.41) is 8.75. The first-order valence-electron chi connectivity index (χ1n) is 8.53. The fourth-order valence-electron chi connectivity index (χ4n) is 3.19. The van der Waals surface area contributed by atoms with Crippen LogP contribution in [-0.2, 0) is 0 Å². The highest BCUT2D eigenvalue weighted by Gasteiger charge is 2.06. The predicted molar refractivity (Wildman–Crippen MR) is 108 cm³/mol. The first-order chi connectivity index (χ1) is 12.7. The lowest BCUT2D eigenvalue weighted by Gasteiger charge is -2.08. The van der Waals surface area contributed by atoms with Crippen molar-refractivity contribution in [3.05, 3.63) is 95.6 Å². The maximum Gasteiger partial charge on any atom is 0.271 e. The van der Waals surface area contributed by atoms with E-state index in [-0.39, 0.29) is 5.91 Å². The van der Waals surface area contributed by atoms with Crippen LogP contribution in [0.5, 0.6) is 0 Å². The van der Waals surface area contributed by atoms with Crippen molar-refractivity contribution in [1.29, 1.82) is 0 Å². The van der Waals surface area contributed by atoms with Crippen molar-refractivity contribution in [2.45, 2.75) is 6.92 Å². The second kappa shape index (κ2) is 6.81. The number of benzene rings is 4. The average Bonchev–Trinajstić information content (AvgIpc) is 2.67. The van der Waals surface area contributed by atoms with Crippen LogP contribution in [0.2, 0.25) is 0 Å². The molecule has 0 saturated heterocycles. The van der Waals surface area contributed by atoms with Crippen LogP contribution < -0.4 is 5.43 Å². The van der Waals surface area contributed by atoms with Gasteiger partial charge in [0.25, 0.3) is 5.91 Å². The van der Waals surface area contributed by atoms with E-state index in [0.29, 0.717) is 5.56 Å². The summed E-state index contributed by atoms with van der Waals surface area (Å²) >= 11 is 0. The molecule has 4 aromatic rings. The van der Waals surface area contributed by atoms with Gasteiger partial charge in [-0.15, -0.1) is 0 Å². The molecule has 4 aromatic carbocycles. The lowest BCUT2D eigenvalue weighted by Crippen LogP contribution is -2.17. The van der Waals surface area contributed by atoms with Crippen molar-refractivity contribution in [1.82, 2.24) is 5.43 Å². The van der Waals surface area contributed by atoms with Crippen LogP contribution in [0.25, 0.3) is 21.5 Å². The number of nitrogens with zero attached hydrogens (tertiary/aromatic N) is 1. The average molecular weight is 338 g/mol. The highest BCUT2D eigenvalue weighted by molar-refractivity contribution is 6.13. The van der Waals surface area contributed by atoms with Crippen LogP contribution in [0.1, 0.15) is 21.5 Å². The van der Waals surface area contributed by atoms with Crippen LogP contribution in [0.3, 0.4) is 0 Å². The molecule has 3 nitrogen and oxygen atoms in total. The molecule has 0 aliphatic rings. The molecular weight excluding hydrogens is 320 g/mol. The van der Waals surface area contributed by atoms with Gasteiger partial charge in [0.15, 0.2) is 0 Å². The number of hydrogen-bond acceptors (Lipinski definition) is 2. The summed E-state index contributed by atoms with van der Waals surface area (Å²) in [5.41, 5.74) is 5.28. The van der Waals surface area contributed by atoms with Gasteiger partial charge in [-0.2, -0.15) is 5.10 Å². The molecule has 0 heterocycles. The molecule has 0 aliphatic heterocycles. The molecule has 26 heavy (non-hydrogen) atoms. The zero-order chi connectivity index (χ0) is 17.9. The Morgan fingerprint density at radius 3 is 2.15 bits per heavy atom. The first-order valence-corrected chi connectivity index (χ1v) is 8.53. The maximum atomic E-state index is 12.3. The molecule has 0 atom stereocenters. The molecule has 0 radical (unpaired) electrons. The minimum Gasteiger partial charge on any atom is -0.267 e. The van der Waals surface area contributed by atoms with Gasteiger partial charge in [0.1, 0.15) is 0 Å². The Morgan fingerprint density at radius 2 is 1.50 bits per heavy atom. The third-order valence-electron chi connectivity index (χ3n) is 4.45. The summed E-state index contributed by atoms with van der Waals surface area (Å²) in [7, 11) is 0. The van der Waals surface area contributed by atoms with Gasteiger partial charge in [0.05, 0.1) is 6.21 Å². The molecule has 0 unspecified atom stereocenters. The van der Waals surface area contributed by atoms with Crippen LogP contribution in [0.4, 0.5) is 0 Å². The Bertz CT molecular complexity index is 1090. The Labute approximate surface area is 152 Å². The van der Waals surface area contributed by atoms with E-state index in [9.17, 15) is 4.79 Å². The van der Waals surface area contributed by atoms with Crippen molar-refractivity contribution in [3.8, 4) is 0 Å². The van der Waals surface area contributed by atoms with Gasteiger partial charge < -0.3 is 0 Å². The van der Waals surface area contributed by atoms with Gasteiger partial charge in [-0.25, -0.2) is 5.43 Å². The SMILES string of the molecule is Cc1cccc(C(=O)N/N=C\c2c3ccccc3cc3ccccc23)c1. The standard InChI is InChI=1S/C23H18N2O/c1-16-7-6-10-19(13-16)23(26)25-24-15-22-20-11-4-2-8-17(20)14-18-9-3-5-12-21(18)22/h2-15H,1H3,(H,25,26)/b24-15-. The van der Waals surface area contributed by atoms with Crippen molar-refractivity contribution in [3.63, 3.8) is 0 Å². The summed E-state index contributed by atoms with van der Waals surface area (Å²) in [6, 6.07) is 26.0. The molecule has 0 aliphatic carbocycles. The highest BCUT2D eigenvalue weighted by Crippen LogP contribution is 2.27. The second-order valence-electron chi connectivity index (χ2n) is 6.30. The molecule has 3 heteroatoms. The Balaban J connectivity index is 1.71. The highest BCUT2D eigenvalue weighted by atomic mass is 16.2. The van der Waals surface area contributed by atoms with Gasteiger partial charge in [-0.3, -0.25) is 4.79 Å². The fraction of sp³-hybridized carbons (Fsp3) is 0.0435. The van der Waals surface area contributed by atoms with E-state index >= 15 is 0 Å². The number of hydrazone groups is 1. The Kier molecular flexibility index (Phi) is 4.20. The van der Waals surface area contributed by atoms with E-state index in [2.05, 4.69) is 40.9 Å². The number of carbonyl (C=O) groups excluding carboxylic acids is 1. The zero-order valence-electron chi connectivity index (χ0n) is 14.4. The van der Waals surface area contributed by atoms with Gasteiger partial charge in [0.2, 0.25) is 0 Å². The second-order valence-corrected chi connectivity index (χ2v) is 6.30. The number of nitrogens with one attached hydrogen (secondary N) is 1. The lowest BCUT2D eigenvalue weighted by molar-refractivity contribution is 0.0955. The summed E-state index contributed by atoms with van der Waals surface area (Å²) in [4.78, 5) is 12.3. The van der Waals surface area contributed by atoms with E-state index in [1.54, 1.807) is 12.3 Å². The molecule has 0 spiro atoms. The molecule has 1 amide bonds. The first kappa shape index (κ1) is 16.0. The summed E-state index contributed by atoms with van der Waals surface area (Å²) in [6.07, 6.45) is 1.73. The van der Waals surface area contributed by atoms with E-state index in [1.165, 1.54) is 0 Å². The van der Waals surface area contributed by atoms with Crippen molar-refractivity contribution in [2.75, 3.05) is 0 Å². The molecule has 4 rings (SSSR count). The molecule has 0 saturated carbocycles. The molecule has 0 fully saturated rings. The van der Waals surface area contributed by atoms with E-state index in [0.717, 1.165) is 32.7 Å². The van der Waals surface area contributed by atoms with Crippen LogP contribution in [0.15, 0.2) is 84.0 Å². The largest absolute Gasteiger partial charge is 0.271 e. The Hall–Kier alpha value is -3.46.